The molecule has 0 spiro atoms. The Bertz CT molecular complexity index is 392. The lowest BCUT2D eigenvalue weighted by atomic mass is 9.86. The molecule has 5 nitrogen and oxygen atoms in total. The van der Waals surface area contributed by atoms with Crippen LogP contribution in [0.4, 0.5) is 0 Å². The summed E-state index contributed by atoms with van der Waals surface area (Å²) in [5.41, 5.74) is 5.36. The van der Waals surface area contributed by atoms with Gasteiger partial charge in [0, 0.05) is 12.0 Å². The largest absolute Gasteiger partial charge is 0.387 e. The SMILES string of the molecule is Cc1nc(C)n(CCCCC(C)(C)C(=N)N)n1. The van der Waals surface area contributed by atoms with Gasteiger partial charge in [0.2, 0.25) is 0 Å². The van der Waals surface area contributed by atoms with Crippen LogP contribution in [0.1, 0.15) is 44.8 Å². The monoisotopic (exact) mass is 237 g/mol. The number of unbranched alkanes of at least 4 members (excludes halogenated alkanes) is 1. The highest BCUT2D eigenvalue weighted by Gasteiger charge is 2.20. The van der Waals surface area contributed by atoms with Crippen LogP contribution < -0.4 is 5.73 Å². The summed E-state index contributed by atoms with van der Waals surface area (Å²) in [6.45, 7) is 8.79. The smallest absolute Gasteiger partial charge is 0.147 e. The number of hydrogen-bond donors (Lipinski definition) is 2. The minimum absolute atomic E-state index is 0.187. The molecule has 0 saturated heterocycles. The van der Waals surface area contributed by atoms with Crippen molar-refractivity contribution in [3.8, 4) is 0 Å². The maximum Gasteiger partial charge on any atom is 0.147 e. The predicted octanol–water partition coefficient (Wildman–Crippen LogP) is 2.03. The topological polar surface area (TPSA) is 80.6 Å². The van der Waals surface area contributed by atoms with E-state index in [1.807, 2.05) is 32.4 Å². The molecule has 1 rings (SSSR count). The van der Waals surface area contributed by atoms with Crippen molar-refractivity contribution in [2.45, 2.75) is 53.5 Å². The summed E-state index contributed by atoms with van der Waals surface area (Å²) in [5.74, 6) is 2.06. The van der Waals surface area contributed by atoms with E-state index in [1.165, 1.54) is 0 Å². The van der Waals surface area contributed by atoms with Gasteiger partial charge in [-0.2, -0.15) is 5.10 Å². The lowest BCUT2D eigenvalue weighted by Gasteiger charge is -2.22. The van der Waals surface area contributed by atoms with E-state index in [-0.39, 0.29) is 11.3 Å². The van der Waals surface area contributed by atoms with Crippen LogP contribution in [0.2, 0.25) is 0 Å². The number of nitrogens with two attached hydrogens (primary N) is 1. The molecule has 0 unspecified atom stereocenters. The fourth-order valence-electron chi connectivity index (χ4n) is 1.74. The van der Waals surface area contributed by atoms with E-state index >= 15 is 0 Å². The second kappa shape index (κ2) is 5.29. The zero-order chi connectivity index (χ0) is 13.1. The first kappa shape index (κ1) is 13.7. The molecule has 0 radical (unpaired) electrons. The zero-order valence-electron chi connectivity index (χ0n) is 11.2. The van der Waals surface area contributed by atoms with Crippen LogP contribution in [0, 0.1) is 24.7 Å². The van der Waals surface area contributed by atoms with Gasteiger partial charge >= 0.3 is 0 Å². The summed E-state index contributed by atoms with van der Waals surface area (Å²) in [5, 5.41) is 11.8. The number of hydrogen-bond acceptors (Lipinski definition) is 3. The fourth-order valence-corrected chi connectivity index (χ4v) is 1.74. The summed E-state index contributed by atoms with van der Waals surface area (Å²) in [6.07, 6.45) is 3.03. The molecular weight excluding hydrogens is 214 g/mol. The molecule has 0 bridgehead atoms. The Morgan fingerprint density at radius 3 is 2.47 bits per heavy atom. The summed E-state index contributed by atoms with van der Waals surface area (Å²) < 4.78 is 1.94. The lowest BCUT2D eigenvalue weighted by molar-refractivity contribution is 0.422. The number of amidine groups is 1. The summed E-state index contributed by atoms with van der Waals surface area (Å²) in [4.78, 5) is 4.26. The highest BCUT2D eigenvalue weighted by molar-refractivity contribution is 5.82. The maximum absolute atomic E-state index is 7.48. The molecule has 0 aliphatic carbocycles. The van der Waals surface area contributed by atoms with Crippen LogP contribution >= 0.6 is 0 Å². The van der Waals surface area contributed by atoms with Gasteiger partial charge in [0.05, 0.1) is 5.84 Å². The van der Waals surface area contributed by atoms with Crippen molar-refractivity contribution < 1.29 is 0 Å². The van der Waals surface area contributed by atoms with E-state index < -0.39 is 0 Å². The van der Waals surface area contributed by atoms with Crippen molar-refractivity contribution in [1.82, 2.24) is 14.8 Å². The van der Waals surface area contributed by atoms with Crippen LogP contribution in [0.5, 0.6) is 0 Å². The Kier molecular flexibility index (Phi) is 4.26. The van der Waals surface area contributed by atoms with Gasteiger partial charge in [0.25, 0.3) is 0 Å². The van der Waals surface area contributed by atoms with Crippen LogP contribution in [0.3, 0.4) is 0 Å². The average molecular weight is 237 g/mol. The third-order valence-corrected chi connectivity index (χ3v) is 3.11. The van der Waals surface area contributed by atoms with Crippen LogP contribution in [0.25, 0.3) is 0 Å². The molecule has 0 atom stereocenters. The molecule has 1 aromatic rings. The van der Waals surface area contributed by atoms with Crippen molar-refractivity contribution in [3.63, 3.8) is 0 Å². The van der Waals surface area contributed by atoms with E-state index in [2.05, 4.69) is 10.1 Å². The normalized spacial score (nSPS) is 11.8. The third-order valence-electron chi connectivity index (χ3n) is 3.11. The highest BCUT2D eigenvalue weighted by atomic mass is 15.3. The van der Waals surface area contributed by atoms with Gasteiger partial charge in [-0.1, -0.05) is 20.3 Å². The first-order chi connectivity index (χ1) is 7.83. The molecular formula is C12H23N5. The third kappa shape index (κ3) is 3.84. The average Bonchev–Trinajstić information content (AvgIpc) is 2.52. The first-order valence-electron chi connectivity index (χ1n) is 6.05. The molecule has 0 fully saturated rings. The molecule has 1 aromatic heterocycles. The Hall–Kier alpha value is -1.39. The second-order valence-corrected chi connectivity index (χ2v) is 5.18. The Morgan fingerprint density at radius 2 is 2.00 bits per heavy atom. The molecule has 5 heteroatoms. The molecule has 0 saturated carbocycles. The van der Waals surface area contributed by atoms with Gasteiger partial charge in [-0.15, -0.1) is 0 Å². The van der Waals surface area contributed by atoms with Gasteiger partial charge < -0.3 is 5.73 Å². The van der Waals surface area contributed by atoms with Gasteiger partial charge in [-0.05, 0) is 26.7 Å². The number of nitrogens with one attached hydrogen (secondary N) is 1. The van der Waals surface area contributed by atoms with Crippen LogP contribution in [0.15, 0.2) is 0 Å². The fraction of sp³-hybridized carbons (Fsp3) is 0.750. The minimum atomic E-state index is -0.187. The number of aryl methyl sites for hydroxylation is 3. The first-order valence-corrected chi connectivity index (χ1v) is 6.05. The molecule has 0 aromatic carbocycles. The Balaban J connectivity index is 2.34. The van der Waals surface area contributed by atoms with Crippen molar-refractivity contribution >= 4 is 5.84 Å². The second-order valence-electron chi connectivity index (χ2n) is 5.18. The van der Waals surface area contributed by atoms with E-state index in [9.17, 15) is 0 Å². The van der Waals surface area contributed by atoms with Gasteiger partial charge in [-0.3, -0.25) is 10.1 Å². The molecule has 0 amide bonds. The van der Waals surface area contributed by atoms with Gasteiger partial charge in [0.1, 0.15) is 11.6 Å². The van der Waals surface area contributed by atoms with E-state index in [1.54, 1.807) is 0 Å². The van der Waals surface area contributed by atoms with Crippen LogP contribution in [-0.4, -0.2) is 20.6 Å². The molecule has 0 aliphatic heterocycles. The van der Waals surface area contributed by atoms with Crippen molar-refractivity contribution in [3.05, 3.63) is 11.6 Å². The Labute approximate surface area is 103 Å². The number of rotatable bonds is 6. The van der Waals surface area contributed by atoms with E-state index in [0.29, 0.717) is 0 Å². The quantitative estimate of drug-likeness (QED) is 0.451. The predicted molar refractivity (Wildman–Crippen MR) is 69.0 cm³/mol. The molecule has 17 heavy (non-hydrogen) atoms. The van der Waals surface area contributed by atoms with Crippen molar-refractivity contribution in [2.75, 3.05) is 0 Å². The standard InChI is InChI=1S/C12H23N5/c1-9-15-10(2)17(16-9)8-6-5-7-12(3,4)11(13)14/h5-8H2,1-4H3,(H3,13,14). The molecule has 0 aliphatic rings. The summed E-state index contributed by atoms with van der Waals surface area (Å²) in [7, 11) is 0. The van der Waals surface area contributed by atoms with Crippen molar-refractivity contribution in [2.24, 2.45) is 11.1 Å². The van der Waals surface area contributed by atoms with E-state index in [0.717, 1.165) is 37.5 Å². The van der Waals surface area contributed by atoms with E-state index in [4.69, 9.17) is 11.1 Å². The highest BCUT2D eigenvalue weighted by Crippen LogP contribution is 2.22. The number of nitrogens with zero attached hydrogens (tertiary/aromatic N) is 3. The Morgan fingerprint density at radius 1 is 1.35 bits per heavy atom. The van der Waals surface area contributed by atoms with Gasteiger partial charge in [0.15, 0.2) is 0 Å². The molecule has 96 valence electrons. The minimum Gasteiger partial charge on any atom is -0.387 e. The zero-order valence-corrected chi connectivity index (χ0v) is 11.2. The van der Waals surface area contributed by atoms with Crippen molar-refractivity contribution in [1.29, 1.82) is 5.41 Å². The van der Waals surface area contributed by atoms with Crippen LogP contribution in [-0.2, 0) is 6.54 Å². The summed E-state index contributed by atoms with van der Waals surface area (Å²) >= 11 is 0. The van der Waals surface area contributed by atoms with Gasteiger partial charge in [-0.25, -0.2) is 4.98 Å². The maximum atomic E-state index is 7.48. The molecule has 1 heterocycles. The summed E-state index contributed by atoms with van der Waals surface area (Å²) in [6, 6.07) is 0. The number of aromatic nitrogens is 3. The lowest BCUT2D eigenvalue weighted by Crippen LogP contribution is -2.30. The molecule has 3 N–H and O–H groups in total.